The van der Waals surface area contributed by atoms with E-state index < -0.39 is 17.7 Å². The van der Waals surface area contributed by atoms with Crippen LogP contribution in [-0.2, 0) is 0 Å². The molecule has 0 saturated heterocycles. The van der Waals surface area contributed by atoms with Crippen LogP contribution in [0.2, 0.25) is 0 Å². The largest absolute Gasteiger partial charge is 0.476 e. The quantitative estimate of drug-likeness (QED) is 0.468. The van der Waals surface area contributed by atoms with Crippen molar-refractivity contribution in [2.75, 3.05) is 5.32 Å². The zero-order valence-electron chi connectivity index (χ0n) is 15.3. The Balaban J connectivity index is 1.64. The van der Waals surface area contributed by atoms with E-state index in [1.54, 1.807) is 0 Å². The number of aromatic carboxylic acids is 1. The number of hydrogen-bond acceptors (Lipinski definition) is 5. The van der Waals surface area contributed by atoms with Crippen molar-refractivity contribution >= 4 is 17.6 Å². The number of nitrogens with one attached hydrogen (secondary N) is 2. The van der Waals surface area contributed by atoms with E-state index in [2.05, 4.69) is 25.5 Å². The Bertz CT molecular complexity index is 1240. The van der Waals surface area contributed by atoms with Crippen LogP contribution in [0.25, 0.3) is 22.5 Å². The first kappa shape index (κ1) is 18.9. The molecule has 0 atom stereocenters. The maximum absolute atomic E-state index is 14.2. The molecule has 2 aromatic heterocycles. The van der Waals surface area contributed by atoms with Gasteiger partial charge in [0.25, 0.3) is 5.91 Å². The Morgan fingerprint density at radius 2 is 1.80 bits per heavy atom. The molecule has 3 N–H and O–H groups in total. The fourth-order valence-electron chi connectivity index (χ4n) is 2.88. The Labute approximate surface area is 169 Å². The van der Waals surface area contributed by atoms with E-state index in [1.165, 1.54) is 18.5 Å². The number of carboxylic acids is 1. The third-order valence-electron chi connectivity index (χ3n) is 4.26. The molecule has 148 valence electrons. The average Bonchev–Trinajstić information content (AvgIpc) is 3.22. The van der Waals surface area contributed by atoms with E-state index in [9.17, 15) is 14.0 Å². The lowest BCUT2D eigenvalue weighted by Crippen LogP contribution is -2.12. The van der Waals surface area contributed by atoms with Crippen LogP contribution in [0.3, 0.4) is 0 Å². The van der Waals surface area contributed by atoms with Gasteiger partial charge in [0.2, 0.25) is 0 Å². The van der Waals surface area contributed by atoms with Crippen LogP contribution in [-0.4, -0.2) is 37.1 Å². The Morgan fingerprint density at radius 3 is 2.57 bits per heavy atom. The van der Waals surface area contributed by atoms with E-state index in [1.807, 2.05) is 30.3 Å². The SMILES string of the molecule is O=C(Nc1cn[nH]c1-c1ccccc1)c1cc(F)cc(-c2cncc(C(=O)O)n2)c1. The fourth-order valence-corrected chi connectivity index (χ4v) is 2.88. The minimum absolute atomic E-state index is 0.0349. The van der Waals surface area contributed by atoms with Gasteiger partial charge in [0.15, 0.2) is 5.69 Å². The highest BCUT2D eigenvalue weighted by Gasteiger charge is 2.16. The molecule has 0 saturated carbocycles. The molecule has 2 aromatic carbocycles. The first-order valence-electron chi connectivity index (χ1n) is 8.78. The van der Waals surface area contributed by atoms with Crippen molar-refractivity contribution in [3.8, 4) is 22.5 Å². The van der Waals surface area contributed by atoms with Gasteiger partial charge in [0, 0.05) is 16.7 Å². The van der Waals surface area contributed by atoms with E-state index in [4.69, 9.17) is 5.11 Å². The number of H-pyrrole nitrogens is 1. The molecule has 0 unspecified atom stereocenters. The van der Waals surface area contributed by atoms with Crippen LogP contribution in [0.1, 0.15) is 20.8 Å². The molecule has 0 bridgehead atoms. The molecule has 0 fully saturated rings. The van der Waals surface area contributed by atoms with Crippen LogP contribution in [0.5, 0.6) is 0 Å². The molecule has 4 aromatic rings. The van der Waals surface area contributed by atoms with Crippen LogP contribution in [0.4, 0.5) is 10.1 Å². The summed E-state index contributed by atoms with van der Waals surface area (Å²) in [6.45, 7) is 0. The number of aromatic amines is 1. The number of carbonyl (C=O) groups excluding carboxylic acids is 1. The highest BCUT2D eigenvalue weighted by Crippen LogP contribution is 2.26. The van der Waals surface area contributed by atoms with Gasteiger partial charge in [-0.3, -0.25) is 14.9 Å². The number of hydrogen-bond donors (Lipinski definition) is 3. The van der Waals surface area contributed by atoms with E-state index in [-0.39, 0.29) is 22.5 Å². The first-order chi connectivity index (χ1) is 14.5. The lowest BCUT2D eigenvalue weighted by atomic mass is 10.1. The molecule has 0 aliphatic carbocycles. The minimum atomic E-state index is -1.26. The van der Waals surface area contributed by atoms with Crippen LogP contribution in [0.15, 0.2) is 67.1 Å². The van der Waals surface area contributed by atoms with Crippen molar-refractivity contribution in [2.45, 2.75) is 0 Å². The summed E-state index contributed by atoms with van der Waals surface area (Å²) < 4.78 is 14.2. The lowest BCUT2D eigenvalue weighted by molar-refractivity contribution is 0.0690. The molecule has 8 nitrogen and oxygen atoms in total. The van der Waals surface area contributed by atoms with Gasteiger partial charge >= 0.3 is 5.97 Å². The van der Waals surface area contributed by atoms with E-state index in [0.29, 0.717) is 11.4 Å². The topological polar surface area (TPSA) is 121 Å². The summed E-state index contributed by atoms with van der Waals surface area (Å²) >= 11 is 0. The molecule has 9 heteroatoms. The molecule has 4 rings (SSSR count). The third kappa shape index (κ3) is 3.90. The molecular weight excluding hydrogens is 389 g/mol. The Morgan fingerprint density at radius 1 is 1.00 bits per heavy atom. The zero-order valence-corrected chi connectivity index (χ0v) is 15.3. The van der Waals surface area contributed by atoms with Gasteiger partial charge in [-0.15, -0.1) is 0 Å². The van der Waals surface area contributed by atoms with Gasteiger partial charge in [0.05, 0.1) is 35.7 Å². The molecule has 0 radical (unpaired) electrons. The maximum atomic E-state index is 14.2. The smallest absolute Gasteiger partial charge is 0.356 e. The minimum Gasteiger partial charge on any atom is -0.476 e. The van der Waals surface area contributed by atoms with Crippen molar-refractivity contribution in [2.24, 2.45) is 0 Å². The van der Waals surface area contributed by atoms with Crippen LogP contribution in [0, 0.1) is 5.82 Å². The number of anilines is 1. The average molecular weight is 403 g/mol. The number of halogens is 1. The van der Waals surface area contributed by atoms with Gasteiger partial charge in [-0.2, -0.15) is 5.10 Å². The number of carbonyl (C=O) groups is 2. The van der Waals surface area contributed by atoms with Crippen molar-refractivity contribution < 1.29 is 19.1 Å². The zero-order chi connectivity index (χ0) is 21.1. The standard InChI is InChI=1S/C21H14FN5O3/c22-15-7-13(16-9-23-10-18(25-16)21(29)30)6-14(8-15)20(28)26-17-11-24-27-19(17)12-4-2-1-3-5-12/h1-11H,(H,24,27)(H,26,28)(H,29,30). The van der Waals surface area contributed by atoms with Gasteiger partial charge in [-0.1, -0.05) is 30.3 Å². The van der Waals surface area contributed by atoms with Crippen molar-refractivity contribution in [1.82, 2.24) is 20.2 Å². The summed E-state index contributed by atoms with van der Waals surface area (Å²) in [7, 11) is 0. The molecule has 2 heterocycles. The van der Waals surface area contributed by atoms with Gasteiger partial charge in [-0.05, 0) is 18.2 Å². The summed E-state index contributed by atoms with van der Waals surface area (Å²) in [6, 6.07) is 12.9. The van der Waals surface area contributed by atoms with Gasteiger partial charge in [-0.25, -0.2) is 14.2 Å². The summed E-state index contributed by atoms with van der Waals surface area (Å²) in [5.74, 6) is -2.49. The van der Waals surface area contributed by atoms with Gasteiger partial charge in [0.1, 0.15) is 5.82 Å². The summed E-state index contributed by atoms with van der Waals surface area (Å²) in [5, 5.41) is 18.6. The normalized spacial score (nSPS) is 10.6. The van der Waals surface area contributed by atoms with Crippen molar-refractivity contribution in [1.29, 1.82) is 0 Å². The monoisotopic (exact) mass is 403 g/mol. The molecule has 1 amide bonds. The molecule has 30 heavy (non-hydrogen) atoms. The number of nitrogens with zero attached hydrogens (tertiary/aromatic N) is 3. The van der Waals surface area contributed by atoms with E-state index in [0.717, 1.165) is 23.9 Å². The van der Waals surface area contributed by atoms with Crippen LogP contribution >= 0.6 is 0 Å². The number of amides is 1. The molecule has 0 aliphatic rings. The predicted octanol–water partition coefficient (Wildman–Crippen LogP) is 3.62. The van der Waals surface area contributed by atoms with Crippen molar-refractivity contribution in [3.63, 3.8) is 0 Å². The number of rotatable bonds is 5. The highest BCUT2D eigenvalue weighted by atomic mass is 19.1. The summed E-state index contributed by atoms with van der Waals surface area (Å²) in [5.41, 5.74) is 1.99. The highest BCUT2D eigenvalue weighted by molar-refractivity contribution is 6.06. The van der Waals surface area contributed by atoms with Crippen LogP contribution < -0.4 is 5.32 Å². The Hall–Kier alpha value is -4.40. The Kier molecular flexibility index (Phi) is 5.00. The molecule has 0 spiro atoms. The second-order valence-electron chi connectivity index (χ2n) is 6.30. The van der Waals surface area contributed by atoms with Crippen molar-refractivity contribution in [3.05, 3.63) is 84.2 Å². The fraction of sp³-hybridized carbons (Fsp3) is 0. The lowest BCUT2D eigenvalue weighted by Gasteiger charge is -2.08. The second kappa shape index (κ2) is 7.92. The van der Waals surface area contributed by atoms with Gasteiger partial charge < -0.3 is 10.4 Å². The maximum Gasteiger partial charge on any atom is 0.356 e. The number of aromatic nitrogens is 4. The number of carboxylic acid groups (broad SMARTS) is 1. The third-order valence-corrected chi connectivity index (χ3v) is 4.26. The predicted molar refractivity (Wildman–Crippen MR) is 106 cm³/mol. The summed E-state index contributed by atoms with van der Waals surface area (Å²) in [6.07, 6.45) is 3.84. The summed E-state index contributed by atoms with van der Waals surface area (Å²) in [4.78, 5) is 31.6. The van der Waals surface area contributed by atoms with E-state index >= 15 is 0 Å². The molecular formula is C21H14FN5O3. The first-order valence-corrected chi connectivity index (χ1v) is 8.78. The number of benzene rings is 2. The second-order valence-corrected chi connectivity index (χ2v) is 6.30. The molecule has 0 aliphatic heterocycles.